The molecule has 0 saturated heterocycles. The third kappa shape index (κ3) is 5.46. The van der Waals surface area contributed by atoms with Gasteiger partial charge in [-0.2, -0.15) is 4.98 Å². The molecule has 0 bridgehead atoms. The van der Waals surface area contributed by atoms with E-state index in [4.69, 9.17) is 14.5 Å². The van der Waals surface area contributed by atoms with Crippen molar-refractivity contribution in [3.8, 4) is 23.0 Å². The second kappa shape index (κ2) is 10.3. The largest absolute Gasteiger partial charge is 0.490 e. The van der Waals surface area contributed by atoms with E-state index < -0.39 is 11.5 Å². The summed E-state index contributed by atoms with van der Waals surface area (Å²) in [5.41, 5.74) is 0.717. The van der Waals surface area contributed by atoms with Gasteiger partial charge in [-0.1, -0.05) is 6.92 Å². The molecular formula is C28H32FN5O4. The molecule has 5 rings (SSSR count). The lowest BCUT2D eigenvalue weighted by Crippen LogP contribution is -2.40. The maximum atomic E-state index is 13.7. The van der Waals surface area contributed by atoms with Gasteiger partial charge in [0.05, 0.1) is 26.0 Å². The van der Waals surface area contributed by atoms with Crippen LogP contribution in [0.15, 0.2) is 42.6 Å². The fourth-order valence-electron chi connectivity index (χ4n) is 4.54. The Balaban J connectivity index is 1.45. The van der Waals surface area contributed by atoms with Crippen molar-refractivity contribution < 1.29 is 23.8 Å². The number of aromatic nitrogens is 3. The molecule has 0 unspecified atom stereocenters. The number of aliphatic hydroxyl groups is 1. The number of ether oxygens (including phenoxy) is 2. The molecule has 1 aliphatic heterocycles. The van der Waals surface area contributed by atoms with Crippen molar-refractivity contribution in [1.82, 2.24) is 25.6 Å². The molecule has 38 heavy (non-hydrogen) atoms. The van der Waals surface area contributed by atoms with Crippen LogP contribution in [-0.4, -0.2) is 59.3 Å². The van der Waals surface area contributed by atoms with Gasteiger partial charge < -0.3 is 25.2 Å². The molecule has 9 nitrogen and oxygen atoms in total. The van der Waals surface area contributed by atoms with Crippen LogP contribution in [0, 0.1) is 11.7 Å². The van der Waals surface area contributed by atoms with Crippen LogP contribution in [0.3, 0.4) is 0 Å². The minimum Gasteiger partial charge on any atom is -0.490 e. The Hall–Kier alpha value is -3.63. The Labute approximate surface area is 220 Å². The minimum atomic E-state index is -1.53. The highest BCUT2D eigenvalue weighted by Crippen LogP contribution is 2.45. The Kier molecular flexibility index (Phi) is 7.02. The first-order valence-electron chi connectivity index (χ1n) is 12.7. The van der Waals surface area contributed by atoms with Crippen LogP contribution in [-0.2, 0) is 11.0 Å². The number of hydrogen-bond acceptors (Lipinski definition) is 8. The SMILES string of the molecule is COc1nccc(C(=O)NC[C@](C)(O)c2cc3c(c(-c4ccc(F)cc4)n2)OC[C@]3(C)CNCC2CC2)n1. The number of rotatable bonds is 10. The number of pyridine rings is 1. The molecule has 3 aromatic rings. The molecular weight excluding hydrogens is 489 g/mol. The Bertz CT molecular complexity index is 1330. The zero-order valence-corrected chi connectivity index (χ0v) is 21.8. The summed E-state index contributed by atoms with van der Waals surface area (Å²) in [5, 5.41) is 17.8. The summed E-state index contributed by atoms with van der Waals surface area (Å²) in [4.78, 5) is 25.4. The molecule has 200 valence electrons. The summed E-state index contributed by atoms with van der Waals surface area (Å²) < 4.78 is 24.8. The number of halogens is 1. The lowest BCUT2D eigenvalue weighted by atomic mass is 9.82. The molecule has 1 fully saturated rings. The third-order valence-corrected chi connectivity index (χ3v) is 7.11. The fraction of sp³-hybridized carbons (Fsp3) is 0.429. The van der Waals surface area contributed by atoms with E-state index in [2.05, 4.69) is 27.5 Å². The number of carbonyl (C=O) groups is 1. The monoisotopic (exact) mass is 521 g/mol. The lowest BCUT2D eigenvalue weighted by molar-refractivity contribution is 0.0487. The Morgan fingerprint density at radius 2 is 2.03 bits per heavy atom. The fourth-order valence-corrected chi connectivity index (χ4v) is 4.54. The average molecular weight is 522 g/mol. The second-order valence-corrected chi connectivity index (χ2v) is 10.5. The van der Waals surface area contributed by atoms with Crippen molar-refractivity contribution >= 4 is 5.91 Å². The predicted molar refractivity (Wildman–Crippen MR) is 139 cm³/mol. The summed E-state index contributed by atoms with van der Waals surface area (Å²) in [7, 11) is 1.42. The van der Waals surface area contributed by atoms with Gasteiger partial charge in [-0.25, -0.2) is 14.4 Å². The summed E-state index contributed by atoms with van der Waals surface area (Å²) in [6, 6.07) is 9.42. The number of nitrogens with zero attached hydrogens (tertiary/aromatic N) is 3. The van der Waals surface area contributed by atoms with Crippen molar-refractivity contribution in [3.63, 3.8) is 0 Å². The third-order valence-electron chi connectivity index (χ3n) is 7.11. The minimum absolute atomic E-state index is 0.0724. The van der Waals surface area contributed by atoms with E-state index in [0.29, 0.717) is 35.9 Å². The molecule has 3 N–H and O–H groups in total. The molecule has 3 heterocycles. The number of carbonyl (C=O) groups excluding carboxylic acids is 1. The van der Waals surface area contributed by atoms with E-state index in [1.54, 1.807) is 19.1 Å². The molecule has 0 radical (unpaired) electrons. The number of nitrogens with one attached hydrogen (secondary N) is 2. The summed E-state index contributed by atoms with van der Waals surface area (Å²) in [5.74, 6) is 0.530. The molecule has 2 aromatic heterocycles. The first kappa shape index (κ1) is 26.0. The molecule has 1 aromatic carbocycles. The van der Waals surface area contributed by atoms with Crippen LogP contribution < -0.4 is 20.1 Å². The Morgan fingerprint density at radius 3 is 2.74 bits per heavy atom. The maximum absolute atomic E-state index is 13.7. The molecule has 0 spiro atoms. The van der Waals surface area contributed by atoms with Gasteiger partial charge in [-0.05, 0) is 68.6 Å². The predicted octanol–water partition coefficient (Wildman–Crippen LogP) is 2.97. The highest BCUT2D eigenvalue weighted by atomic mass is 19.1. The van der Waals surface area contributed by atoms with Crippen LogP contribution in [0.1, 0.15) is 48.4 Å². The highest BCUT2D eigenvalue weighted by molar-refractivity contribution is 5.92. The van der Waals surface area contributed by atoms with Gasteiger partial charge in [0.1, 0.15) is 28.6 Å². The van der Waals surface area contributed by atoms with Crippen LogP contribution in [0.25, 0.3) is 11.3 Å². The Morgan fingerprint density at radius 1 is 1.26 bits per heavy atom. The number of amides is 1. The quantitative estimate of drug-likeness (QED) is 0.373. The smallest absolute Gasteiger partial charge is 0.316 e. The van der Waals surface area contributed by atoms with Crippen molar-refractivity contribution in [1.29, 1.82) is 0 Å². The summed E-state index contributed by atoms with van der Waals surface area (Å²) in [6.07, 6.45) is 3.94. The van der Waals surface area contributed by atoms with Crippen LogP contribution in [0.4, 0.5) is 4.39 Å². The summed E-state index contributed by atoms with van der Waals surface area (Å²) in [6.45, 7) is 5.71. The van der Waals surface area contributed by atoms with Crippen LogP contribution in [0.5, 0.6) is 11.8 Å². The van der Waals surface area contributed by atoms with Gasteiger partial charge >= 0.3 is 6.01 Å². The average Bonchev–Trinajstić information content (AvgIpc) is 3.69. The van der Waals surface area contributed by atoms with Gasteiger partial charge in [0.25, 0.3) is 5.91 Å². The van der Waals surface area contributed by atoms with Crippen LogP contribution in [0.2, 0.25) is 0 Å². The number of fused-ring (bicyclic) bond motifs is 1. The van der Waals surface area contributed by atoms with E-state index in [-0.39, 0.29) is 29.5 Å². The van der Waals surface area contributed by atoms with Crippen LogP contribution >= 0.6 is 0 Å². The van der Waals surface area contributed by atoms with Gasteiger partial charge in [-0.15, -0.1) is 0 Å². The van der Waals surface area contributed by atoms with Crippen molar-refractivity contribution in [3.05, 3.63) is 65.4 Å². The van der Waals surface area contributed by atoms with Crippen molar-refractivity contribution in [2.75, 3.05) is 33.4 Å². The van der Waals surface area contributed by atoms with Gasteiger partial charge in [-0.3, -0.25) is 4.79 Å². The van der Waals surface area contributed by atoms with Crippen molar-refractivity contribution in [2.24, 2.45) is 5.92 Å². The molecule has 2 aliphatic rings. The van der Waals surface area contributed by atoms with Gasteiger partial charge in [0.15, 0.2) is 0 Å². The lowest BCUT2D eigenvalue weighted by Gasteiger charge is -2.27. The zero-order valence-electron chi connectivity index (χ0n) is 21.8. The molecule has 2 atom stereocenters. The highest BCUT2D eigenvalue weighted by Gasteiger charge is 2.41. The van der Waals surface area contributed by atoms with Crippen molar-refractivity contribution in [2.45, 2.75) is 37.7 Å². The first-order chi connectivity index (χ1) is 18.2. The standard InChI is InChI=1S/C28H32FN5O4/c1-27(14-30-13-17-4-5-17)16-38-24-20(27)12-22(34-23(24)18-6-8-19(29)9-7-18)28(2,36)15-32-25(35)21-10-11-31-26(33-21)37-3/h6-12,17,30,36H,4-5,13-16H2,1-3H3,(H,32,35)/t27-,28-/m0/s1. The van der Waals surface area contributed by atoms with E-state index in [1.165, 1.54) is 44.3 Å². The maximum Gasteiger partial charge on any atom is 0.316 e. The number of benzene rings is 1. The van der Waals surface area contributed by atoms with E-state index in [1.807, 2.05) is 6.07 Å². The summed E-state index contributed by atoms with van der Waals surface area (Å²) >= 11 is 0. The second-order valence-electron chi connectivity index (χ2n) is 10.5. The first-order valence-corrected chi connectivity index (χ1v) is 12.7. The number of hydrogen-bond donors (Lipinski definition) is 3. The van der Waals surface area contributed by atoms with E-state index in [0.717, 1.165) is 18.0 Å². The normalized spacial score (nSPS) is 19.8. The van der Waals surface area contributed by atoms with Gasteiger partial charge in [0, 0.05) is 29.3 Å². The molecule has 1 saturated carbocycles. The molecule has 1 amide bonds. The van der Waals surface area contributed by atoms with E-state index in [9.17, 15) is 14.3 Å². The molecule has 10 heteroatoms. The topological polar surface area (TPSA) is 118 Å². The van der Waals surface area contributed by atoms with Gasteiger partial charge in [0.2, 0.25) is 0 Å². The zero-order chi connectivity index (χ0) is 26.9. The number of methoxy groups -OCH3 is 1. The van der Waals surface area contributed by atoms with E-state index >= 15 is 0 Å². The molecule has 1 aliphatic carbocycles.